The number of hydrogen-bond donors (Lipinski definition) is 0. The molecule has 0 atom stereocenters. The van der Waals surface area contributed by atoms with Crippen LogP contribution in [0.15, 0.2) is 155 Å². The Kier molecular flexibility index (Phi) is 11.0. The summed E-state index contributed by atoms with van der Waals surface area (Å²) in [4.78, 5) is 0.521. The van der Waals surface area contributed by atoms with Crippen LogP contribution in [0.5, 0.6) is 5.75 Å². The molecule has 0 fully saturated rings. The van der Waals surface area contributed by atoms with Gasteiger partial charge in [-0.1, -0.05) is 103 Å². The van der Waals surface area contributed by atoms with Gasteiger partial charge in [0, 0.05) is 10.8 Å². The molecule has 5 aromatic carbocycles. The van der Waals surface area contributed by atoms with Crippen molar-refractivity contribution in [2.45, 2.75) is 0 Å². The Labute approximate surface area is 255 Å². The standard InChI is InChI=1S/C18H15P.C16H12N2O2S.Ni/c1-4-10-16(11-5-1)19(17-12-6-2-7-13-17)18-14-8-3-9-15-18;19-14-8-7-11-4-1-2-5-12(11)13(14)10-17-18-16(20)15-6-3-9-21-15;/h1-15H;1-10,19H,(H,18,20);/q;;+2/p-1/b;17-10+;. The van der Waals surface area contributed by atoms with Crippen molar-refractivity contribution in [3.63, 3.8) is 0 Å². The fourth-order valence-corrected chi connectivity index (χ4v) is 7.49. The van der Waals surface area contributed by atoms with Gasteiger partial charge in [0.05, 0.1) is 14.1 Å². The van der Waals surface area contributed by atoms with E-state index in [1.807, 2.05) is 24.3 Å². The van der Waals surface area contributed by atoms with E-state index in [2.05, 4.69) is 101 Å². The summed E-state index contributed by atoms with van der Waals surface area (Å²) in [6.45, 7) is 0. The molecule has 0 N–H and O–H groups in total. The van der Waals surface area contributed by atoms with Gasteiger partial charge in [0.25, 0.3) is 0 Å². The third-order valence-corrected chi connectivity index (χ3v) is 9.78. The van der Waals surface area contributed by atoms with E-state index >= 15 is 0 Å². The fraction of sp³-hybridized carbons (Fsp3) is 0. The van der Waals surface area contributed by atoms with Gasteiger partial charge < -0.3 is 10.2 Å². The monoisotopic (exact) mass is 615 g/mol. The van der Waals surface area contributed by atoms with Gasteiger partial charge >= 0.3 is 16.5 Å². The molecule has 1 aromatic heterocycles. The van der Waals surface area contributed by atoms with Crippen LogP contribution in [0.2, 0.25) is 0 Å². The molecule has 0 aliphatic rings. The summed E-state index contributed by atoms with van der Waals surface area (Å²) in [6, 6.07) is 46.7. The molecule has 0 bridgehead atoms. The van der Waals surface area contributed by atoms with E-state index in [1.165, 1.54) is 39.5 Å². The number of fused-ring (bicyclic) bond motifs is 1. The van der Waals surface area contributed by atoms with Crippen LogP contribution in [0.25, 0.3) is 10.8 Å². The minimum Gasteiger partial charge on any atom is -0.872 e. The van der Waals surface area contributed by atoms with E-state index < -0.39 is 13.8 Å². The second-order valence-corrected chi connectivity index (χ2v) is 12.2. The summed E-state index contributed by atoms with van der Waals surface area (Å²) < 4.78 is 0. The maximum atomic E-state index is 11.9. The zero-order valence-electron chi connectivity index (χ0n) is 21.9. The van der Waals surface area contributed by atoms with Gasteiger partial charge in [-0.3, -0.25) is 0 Å². The first-order valence-corrected chi connectivity index (χ1v) is 15.1. The van der Waals surface area contributed by atoms with Gasteiger partial charge in [0.2, 0.25) is 0 Å². The summed E-state index contributed by atoms with van der Waals surface area (Å²) in [5.41, 5.74) is 0.441. The van der Waals surface area contributed by atoms with Gasteiger partial charge in [-0.2, -0.15) is 10.2 Å². The minimum atomic E-state index is -0.877. The zero-order chi connectivity index (χ0) is 27.6. The van der Waals surface area contributed by atoms with Crippen LogP contribution in [0.4, 0.5) is 0 Å². The van der Waals surface area contributed by atoms with Crippen LogP contribution in [0.3, 0.4) is 0 Å². The molecule has 204 valence electrons. The molecule has 0 spiro atoms. The molecule has 1 heterocycles. The quantitative estimate of drug-likeness (QED) is 0.0840. The molecule has 0 saturated carbocycles. The average molecular weight is 616 g/mol. The van der Waals surface area contributed by atoms with Gasteiger partial charge in [-0.05, 0) is 64.2 Å². The van der Waals surface area contributed by atoms with Crippen molar-refractivity contribution in [1.82, 2.24) is 0 Å². The Morgan fingerprint density at radius 1 is 0.634 bits per heavy atom. The van der Waals surface area contributed by atoms with Gasteiger partial charge in [0.15, 0.2) is 0 Å². The smallest absolute Gasteiger partial charge is 0.872 e. The molecule has 0 aliphatic heterocycles. The Balaban J connectivity index is 0.000000185. The number of thiophene rings is 1. The maximum absolute atomic E-state index is 11.9. The molecular weight excluding hydrogens is 590 g/mol. The fourth-order valence-electron chi connectivity index (χ4n) is 4.31. The first-order valence-electron chi connectivity index (χ1n) is 12.7. The van der Waals surface area contributed by atoms with Crippen molar-refractivity contribution < 1.29 is 26.7 Å². The Morgan fingerprint density at radius 3 is 1.71 bits per heavy atom. The van der Waals surface area contributed by atoms with E-state index in [9.17, 15) is 10.2 Å². The average Bonchev–Trinajstić information content (AvgIpc) is 3.56. The second kappa shape index (κ2) is 15.1. The van der Waals surface area contributed by atoms with Crippen LogP contribution < -0.4 is 26.1 Å². The predicted octanol–water partition coefficient (Wildman–Crippen LogP) is 5.29. The summed E-state index contributed by atoms with van der Waals surface area (Å²) in [6.07, 6.45) is 1.34. The molecule has 0 aliphatic carbocycles. The number of benzene rings is 5. The largest absolute Gasteiger partial charge is 2.00 e. The van der Waals surface area contributed by atoms with Crippen LogP contribution in [0, 0.1) is 0 Å². The molecular formula is C34H26N2NiO2PS+. The second-order valence-electron chi connectivity index (χ2n) is 8.80. The Morgan fingerprint density at radius 2 is 1.17 bits per heavy atom. The van der Waals surface area contributed by atoms with Crippen molar-refractivity contribution in [2.75, 3.05) is 0 Å². The Bertz CT molecular complexity index is 1620. The van der Waals surface area contributed by atoms with E-state index in [1.54, 1.807) is 23.6 Å². The molecule has 4 nitrogen and oxygen atoms in total. The molecule has 0 radical (unpaired) electrons. The van der Waals surface area contributed by atoms with Crippen LogP contribution in [0.1, 0.15) is 10.4 Å². The van der Waals surface area contributed by atoms with E-state index in [0.29, 0.717) is 10.4 Å². The third-order valence-electron chi connectivity index (χ3n) is 6.19. The molecule has 0 unspecified atom stereocenters. The SMILES string of the molecule is [Ni+2].[O-]/C(=N\N=C\c1c([O-])ccc2ccccc12)c1cccs1.c1ccc([PH+](c2ccccc2)c2ccccc2)cc1. The van der Waals surface area contributed by atoms with Crippen LogP contribution >= 0.6 is 19.3 Å². The summed E-state index contributed by atoms with van der Waals surface area (Å²) in [5, 5.41) is 38.8. The minimum absolute atomic E-state index is 0. The van der Waals surface area contributed by atoms with E-state index in [0.717, 1.165) is 10.8 Å². The number of rotatable bonds is 6. The molecule has 6 rings (SSSR count). The van der Waals surface area contributed by atoms with E-state index in [4.69, 9.17) is 0 Å². The first-order chi connectivity index (χ1) is 19.7. The number of hydrogen-bond acceptors (Lipinski definition) is 5. The number of nitrogens with zero attached hydrogens (tertiary/aromatic N) is 2. The topological polar surface area (TPSA) is 70.8 Å². The predicted molar refractivity (Wildman–Crippen MR) is 168 cm³/mol. The first kappa shape index (κ1) is 29.9. The third kappa shape index (κ3) is 7.77. The summed E-state index contributed by atoms with van der Waals surface area (Å²) >= 11 is 1.30. The molecule has 7 heteroatoms. The van der Waals surface area contributed by atoms with Crippen LogP contribution in [-0.4, -0.2) is 12.1 Å². The zero-order valence-corrected chi connectivity index (χ0v) is 24.7. The van der Waals surface area contributed by atoms with Crippen molar-refractivity contribution in [1.29, 1.82) is 0 Å². The van der Waals surface area contributed by atoms with Gasteiger partial charge in [-0.25, -0.2) is 0 Å². The molecule has 0 amide bonds. The van der Waals surface area contributed by atoms with Crippen molar-refractivity contribution >= 4 is 58.1 Å². The summed E-state index contributed by atoms with van der Waals surface area (Å²) in [5.74, 6) is -0.551. The van der Waals surface area contributed by atoms with Crippen molar-refractivity contribution in [2.24, 2.45) is 10.2 Å². The van der Waals surface area contributed by atoms with Crippen LogP contribution in [-0.2, 0) is 16.5 Å². The maximum Gasteiger partial charge on any atom is 2.00 e. The molecule has 0 saturated heterocycles. The van der Waals surface area contributed by atoms with Gasteiger partial charge in [0.1, 0.15) is 15.9 Å². The van der Waals surface area contributed by atoms with Crippen molar-refractivity contribution in [3.05, 3.63) is 155 Å². The molecule has 41 heavy (non-hydrogen) atoms. The molecule has 6 aromatic rings. The Hall–Kier alpha value is -4.08. The van der Waals surface area contributed by atoms with Crippen molar-refractivity contribution in [3.8, 4) is 5.75 Å². The van der Waals surface area contributed by atoms with Gasteiger partial charge in [-0.15, -0.1) is 11.3 Å². The van der Waals surface area contributed by atoms with E-state index in [-0.39, 0.29) is 22.2 Å². The normalized spacial score (nSPS) is 11.2. The summed E-state index contributed by atoms with van der Waals surface area (Å²) in [7, 11) is -0.877.